The molecule has 2 aromatic carbocycles. The van der Waals surface area contributed by atoms with Crippen molar-refractivity contribution in [3.63, 3.8) is 0 Å². The van der Waals surface area contributed by atoms with Crippen LogP contribution in [0.4, 0.5) is 0 Å². The second-order valence-corrected chi connectivity index (χ2v) is 4.24. The molecule has 0 saturated carbocycles. The lowest BCUT2D eigenvalue weighted by molar-refractivity contribution is -0.142. The minimum atomic E-state index is -0.668. The Bertz CT molecular complexity index is 657. The van der Waals surface area contributed by atoms with Gasteiger partial charge in [-0.2, -0.15) is 4.79 Å². The van der Waals surface area contributed by atoms with Gasteiger partial charge in [-0.1, -0.05) is 48.5 Å². The van der Waals surface area contributed by atoms with E-state index in [-0.39, 0.29) is 0 Å². The van der Waals surface area contributed by atoms with Gasteiger partial charge in [0, 0.05) is 11.1 Å². The molecule has 0 aromatic heterocycles. The van der Waals surface area contributed by atoms with Crippen LogP contribution in [0.5, 0.6) is 0 Å². The standard InChI is InChI=1S/C15H10N2O2/c16-17-9-14(18)19-15-12-7-3-1-5-10(12)11-6-2-4-8-13(11)15/h1-9,15H. The molecule has 0 fully saturated rings. The van der Waals surface area contributed by atoms with Gasteiger partial charge in [0.2, 0.25) is 0 Å². The third-order valence-electron chi connectivity index (χ3n) is 3.17. The summed E-state index contributed by atoms with van der Waals surface area (Å²) in [6, 6.07) is 15.6. The topological polar surface area (TPSA) is 62.7 Å². The van der Waals surface area contributed by atoms with Crippen molar-refractivity contribution in [3.05, 3.63) is 65.2 Å². The van der Waals surface area contributed by atoms with E-state index in [1.165, 1.54) is 0 Å². The first kappa shape index (κ1) is 11.4. The normalized spacial score (nSPS) is 12.2. The fraction of sp³-hybridized carbons (Fsp3) is 0.0667. The number of esters is 1. The predicted molar refractivity (Wildman–Crippen MR) is 69.5 cm³/mol. The molecule has 0 N–H and O–H groups in total. The van der Waals surface area contributed by atoms with E-state index in [2.05, 4.69) is 4.79 Å². The van der Waals surface area contributed by atoms with E-state index in [0.717, 1.165) is 28.5 Å². The number of ether oxygens (including phenoxy) is 1. The average Bonchev–Trinajstić information content (AvgIpc) is 2.75. The summed E-state index contributed by atoms with van der Waals surface area (Å²) in [5, 5.41) is 0. The van der Waals surface area contributed by atoms with Crippen LogP contribution in [0.15, 0.2) is 48.5 Å². The molecule has 0 unspecified atom stereocenters. The van der Waals surface area contributed by atoms with Crippen LogP contribution in [-0.4, -0.2) is 17.0 Å². The van der Waals surface area contributed by atoms with Gasteiger partial charge in [0.1, 0.15) is 0 Å². The maximum absolute atomic E-state index is 11.5. The van der Waals surface area contributed by atoms with Crippen LogP contribution >= 0.6 is 0 Å². The van der Waals surface area contributed by atoms with E-state index in [4.69, 9.17) is 10.3 Å². The molecule has 0 amide bonds. The summed E-state index contributed by atoms with van der Waals surface area (Å²) in [6.07, 6.45) is 0.307. The van der Waals surface area contributed by atoms with Crippen molar-refractivity contribution >= 4 is 12.2 Å². The third-order valence-corrected chi connectivity index (χ3v) is 3.17. The number of hydrogen-bond donors (Lipinski definition) is 0. The smallest absolute Gasteiger partial charge is 0.414 e. The predicted octanol–water partition coefficient (Wildman–Crippen LogP) is 2.60. The highest BCUT2D eigenvalue weighted by Crippen LogP contribution is 2.44. The Hall–Kier alpha value is -2.71. The van der Waals surface area contributed by atoms with Crippen molar-refractivity contribution in [2.24, 2.45) is 0 Å². The van der Waals surface area contributed by atoms with E-state index in [0.29, 0.717) is 0 Å². The molecule has 1 aliphatic rings. The van der Waals surface area contributed by atoms with Crippen molar-refractivity contribution in [3.8, 4) is 11.1 Å². The van der Waals surface area contributed by atoms with Crippen LogP contribution in [0.2, 0.25) is 0 Å². The molecule has 0 atom stereocenters. The van der Waals surface area contributed by atoms with E-state index >= 15 is 0 Å². The van der Waals surface area contributed by atoms with Gasteiger partial charge in [-0.25, -0.2) is 4.79 Å². The minimum absolute atomic E-state index is 0.446. The van der Waals surface area contributed by atoms with Crippen LogP contribution < -0.4 is 0 Å². The molecule has 4 nitrogen and oxygen atoms in total. The molecule has 2 aromatic rings. The van der Waals surface area contributed by atoms with Gasteiger partial charge < -0.3 is 10.3 Å². The summed E-state index contributed by atoms with van der Waals surface area (Å²) in [4.78, 5) is 14.2. The zero-order valence-corrected chi connectivity index (χ0v) is 9.98. The summed E-state index contributed by atoms with van der Waals surface area (Å²) in [5.74, 6) is -0.668. The second kappa shape index (κ2) is 4.52. The highest BCUT2D eigenvalue weighted by atomic mass is 16.5. The number of carbonyl (C=O) groups excluding carboxylic acids is 1. The van der Waals surface area contributed by atoms with Gasteiger partial charge in [0.25, 0.3) is 0 Å². The lowest BCUT2D eigenvalue weighted by atomic mass is 10.1. The maximum Gasteiger partial charge on any atom is 0.414 e. The summed E-state index contributed by atoms with van der Waals surface area (Å²) in [5.41, 5.74) is 12.4. The van der Waals surface area contributed by atoms with E-state index in [9.17, 15) is 4.79 Å². The molecule has 19 heavy (non-hydrogen) atoms. The van der Waals surface area contributed by atoms with Gasteiger partial charge in [-0.3, -0.25) is 0 Å². The number of rotatable bonds is 2. The molecule has 3 rings (SSSR count). The average molecular weight is 250 g/mol. The maximum atomic E-state index is 11.5. The first-order valence-corrected chi connectivity index (χ1v) is 5.87. The molecule has 0 saturated heterocycles. The molecule has 0 bridgehead atoms. The number of benzene rings is 2. The highest BCUT2D eigenvalue weighted by Gasteiger charge is 2.31. The number of hydrogen-bond acceptors (Lipinski definition) is 2. The molecule has 4 heteroatoms. The van der Waals surface area contributed by atoms with Crippen molar-refractivity contribution < 1.29 is 14.3 Å². The Balaban J connectivity index is 2.09. The Morgan fingerprint density at radius 2 is 1.58 bits per heavy atom. The van der Waals surface area contributed by atoms with Gasteiger partial charge >= 0.3 is 12.2 Å². The molecule has 0 spiro atoms. The Morgan fingerprint density at radius 3 is 2.11 bits per heavy atom. The second-order valence-electron chi connectivity index (χ2n) is 4.24. The zero-order valence-electron chi connectivity index (χ0n) is 9.98. The number of fused-ring (bicyclic) bond motifs is 3. The summed E-state index contributed by atoms with van der Waals surface area (Å²) in [6.45, 7) is 0. The summed E-state index contributed by atoms with van der Waals surface area (Å²) in [7, 11) is 0. The van der Waals surface area contributed by atoms with Gasteiger partial charge in [-0.05, 0) is 11.1 Å². The van der Waals surface area contributed by atoms with Crippen LogP contribution in [0, 0.1) is 0 Å². The molecule has 1 aliphatic carbocycles. The van der Waals surface area contributed by atoms with Crippen LogP contribution in [0.3, 0.4) is 0 Å². The SMILES string of the molecule is [N-]=[N+]=CC(=O)OC1c2ccccc2-c2ccccc21. The molecule has 92 valence electrons. The molecule has 0 aliphatic heterocycles. The molecular formula is C15H10N2O2. The van der Waals surface area contributed by atoms with Gasteiger partial charge in [-0.15, -0.1) is 0 Å². The summed E-state index contributed by atoms with van der Waals surface area (Å²) >= 11 is 0. The van der Waals surface area contributed by atoms with Crippen molar-refractivity contribution in [1.82, 2.24) is 0 Å². The largest absolute Gasteiger partial charge is 0.444 e. The monoisotopic (exact) mass is 250 g/mol. The Labute approximate surface area is 109 Å². The fourth-order valence-electron chi connectivity index (χ4n) is 2.43. The lowest BCUT2D eigenvalue weighted by Gasteiger charge is -2.12. The summed E-state index contributed by atoms with van der Waals surface area (Å²) < 4.78 is 5.36. The van der Waals surface area contributed by atoms with Crippen molar-refractivity contribution in [1.29, 1.82) is 0 Å². The lowest BCUT2D eigenvalue weighted by Crippen LogP contribution is -2.11. The molecular weight excluding hydrogens is 240 g/mol. The first-order valence-electron chi connectivity index (χ1n) is 5.87. The minimum Gasteiger partial charge on any atom is -0.444 e. The Kier molecular flexibility index (Phi) is 2.71. The van der Waals surface area contributed by atoms with Crippen LogP contribution in [0.25, 0.3) is 16.7 Å². The third kappa shape index (κ3) is 1.84. The molecule has 0 radical (unpaired) electrons. The Morgan fingerprint density at radius 1 is 1.05 bits per heavy atom. The quantitative estimate of drug-likeness (QED) is 0.356. The fourth-order valence-corrected chi connectivity index (χ4v) is 2.43. The number of carbonyl (C=O) groups is 1. The highest BCUT2D eigenvalue weighted by molar-refractivity contribution is 6.20. The van der Waals surface area contributed by atoms with Crippen LogP contribution in [-0.2, 0) is 9.53 Å². The van der Waals surface area contributed by atoms with Crippen LogP contribution in [0.1, 0.15) is 17.2 Å². The zero-order chi connectivity index (χ0) is 13.2. The van der Waals surface area contributed by atoms with Crippen molar-refractivity contribution in [2.75, 3.05) is 0 Å². The first-order chi connectivity index (χ1) is 9.31. The van der Waals surface area contributed by atoms with Crippen molar-refractivity contribution in [2.45, 2.75) is 6.10 Å². The van der Waals surface area contributed by atoms with Gasteiger partial charge in [0.15, 0.2) is 6.10 Å². The molecule has 0 heterocycles. The van der Waals surface area contributed by atoms with Gasteiger partial charge in [0.05, 0.1) is 0 Å². The van der Waals surface area contributed by atoms with E-state index in [1.54, 1.807) is 0 Å². The van der Waals surface area contributed by atoms with E-state index < -0.39 is 12.1 Å². The number of nitrogens with zero attached hydrogens (tertiary/aromatic N) is 2. The van der Waals surface area contributed by atoms with E-state index in [1.807, 2.05) is 48.5 Å².